The SMILES string of the molecule is Cc1ccc(OCc2cn[nH]c2C)c(Cl)c1. The van der Waals surface area contributed by atoms with Gasteiger partial charge in [-0.25, -0.2) is 0 Å². The molecule has 0 aliphatic carbocycles. The Bertz CT molecular complexity index is 494. The van der Waals surface area contributed by atoms with E-state index in [-0.39, 0.29) is 0 Å². The first kappa shape index (κ1) is 11.0. The normalized spacial score (nSPS) is 10.4. The molecule has 0 saturated carbocycles. The van der Waals surface area contributed by atoms with E-state index >= 15 is 0 Å². The number of halogens is 1. The zero-order valence-electron chi connectivity index (χ0n) is 9.25. The third-order valence-electron chi connectivity index (χ3n) is 2.40. The number of hydrogen-bond donors (Lipinski definition) is 1. The maximum Gasteiger partial charge on any atom is 0.138 e. The van der Waals surface area contributed by atoms with E-state index < -0.39 is 0 Å². The van der Waals surface area contributed by atoms with Gasteiger partial charge in [-0.3, -0.25) is 5.10 Å². The van der Waals surface area contributed by atoms with E-state index in [0.29, 0.717) is 17.4 Å². The van der Waals surface area contributed by atoms with Crippen LogP contribution in [0, 0.1) is 13.8 Å². The number of aromatic amines is 1. The van der Waals surface area contributed by atoms with Gasteiger partial charge in [0.1, 0.15) is 12.4 Å². The summed E-state index contributed by atoms with van der Waals surface area (Å²) in [5.41, 5.74) is 3.18. The highest BCUT2D eigenvalue weighted by Crippen LogP contribution is 2.26. The van der Waals surface area contributed by atoms with E-state index in [1.807, 2.05) is 32.0 Å². The molecule has 1 N–H and O–H groups in total. The van der Waals surface area contributed by atoms with Crippen LogP contribution in [0.25, 0.3) is 0 Å². The van der Waals surface area contributed by atoms with E-state index in [0.717, 1.165) is 16.8 Å². The third-order valence-corrected chi connectivity index (χ3v) is 2.70. The van der Waals surface area contributed by atoms with Gasteiger partial charge < -0.3 is 4.74 Å². The molecule has 0 spiro atoms. The minimum Gasteiger partial charge on any atom is -0.487 e. The van der Waals surface area contributed by atoms with Crippen molar-refractivity contribution in [3.8, 4) is 5.75 Å². The molecule has 1 heterocycles. The van der Waals surface area contributed by atoms with Crippen molar-refractivity contribution in [2.45, 2.75) is 20.5 Å². The van der Waals surface area contributed by atoms with Crippen LogP contribution in [-0.2, 0) is 6.61 Å². The fraction of sp³-hybridized carbons (Fsp3) is 0.250. The van der Waals surface area contributed by atoms with Gasteiger partial charge in [-0.05, 0) is 31.5 Å². The lowest BCUT2D eigenvalue weighted by atomic mass is 10.2. The van der Waals surface area contributed by atoms with E-state index in [9.17, 15) is 0 Å². The van der Waals surface area contributed by atoms with E-state index in [2.05, 4.69) is 10.2 Å². The second kappa shape index (κ2) is 4.58. The summed E-state index contributed by atoms with van der Waals surface area (Å²) in [7, 11) is 0. The molecule has 2 rings (SSSR count). The molecular formula is C12H13ClN2O. The number of rotatable bonds is 3. The molecule has 4 heteroatoms. The summed E-state index contributed by atoms with van der Waals surface area (Å²) in [6.07, 6.45) is 1.76. The largest absolute Gasteiger partial charge is 0.487 e. The smallest absolute Gasteiger partial charge is 0.138 e. The number of nitrogens with one attached hydrogen (secondary N) is 1. The first-order chi connectivity index (χ1) is 7.66. The first-order valence-corrected chi connectivity index (χ1v) is 5.42. The van der Waals surface area contributed by atoms with Crippen LogP contribution in [-0.4, -0.2) is 10.2 Å². The van der Waals surface area contributed by atoms with Crippen molar-refractivity contribution in [2.24, 2.45) is 0 Å². The van der Waals surface area contributed by atoms with Crippen LogP contribution in [0.4, 0.5) is 0 Å². The number of aromatic nitrogens is 2. The van der Waals surface area contributed by atoms with Crippen molar-refractivity contribution in [2.75, 3.05) is 0 Å². The quantitative estimate of drug-likeness (QED) is 0.888. The van der Waals surface area contributed by atoms with E-state index in [1.165, 1.54) is 0 Å². The highest BCUT2D eigenvalue weighted by molar-refractivity contribution is 6.32. The summed E-state index contributed by atoms with van der Waals surface area (Å²) >= 11 is 6.06. The molecule has 0 amide bonds. The lowest BCUT2D eigenvalue weighted by Gasteiger charge is -2.07. The Morgan fingerprint density at radius 3 is 2.81 bits per heavy atom. The summed E-state index contributed by atoms with van der Waals surface area (Å²) in [6, 6.07) is 5.75. The van der Waals surface area contributed by atoms with Crippen molar-refractivity contribution in [3.63, 3.8) is 0 Å². The van der Waals surface area contributed by atoms with Gasteiger partial charge in [-0.2, -0.15) is 5.10 Å². The van der Waals surface area contributed by atoms with Crippen LogP contribution in [0.1, 0.15) is 16.8 Å². The van der Waals surface area contributed by atoms with Gasteiger partial charge in [0.15, 0.2) is 0 Å². The standard InChI is InChI=1S/C12H13ClN2O/c1-8-3-4-12(11(13)5-8)16-7-10-6-14-15-9(10)2/h3-6H,7H2,1-2H3,(H,14,15). The number of nitrogens with zero attached hydrogens (tertiary/aromatic N) is 1. The Labute approximate surface area is 99.4 Å². The average Bonchev–Trinajstić information content (AvgIpc) is 2.63. The fourth-order valence-corrected chi connectivity index (χ4v) is 1.69. The van der Waals surface area contributed by atoms with Crippen LogP contribution in [0.5, 0.6) is 5.75 Å². The second-order valence-electron chi connectivity index (χ2n) is 3.74. The predicted octanol–water partition coefficient (Wildman–Crippen LogP) is 3.26. The molecule has 0 saturated heterocycles. The fourth-order valence-electron chi connectivity index (χ4n) is 1.40. The first-order valence-electron chi connectivity index (χ1n) is 5.04. The van der Waals surface area contributed by atoms with Crippen LogP contribution in [0.2, 0.25) is 5.02 Å². The summed E-state index contributed by atoms with van der Waals surface area (Å²) < 4.78 is 5.63. The molecule has 2 aromatic rings. The van der Waals surface area contributed by atoms with Crippen molar-refractivity contribution in [1.29, 1.82) is 0 Å². The molecule has 3 nitrogen and oxygen atoms in total. The number of aryl methyl sites for hydroxylation is 2. The predicted molar refractivity (Wildman–Crippen MR) is 63.8 cm³/mol. The summed E-state index contributed by atoms with van der Waals surface area (Å²) in [5, 5.41) is 7.44. The summed E-state index contributed by atoms with van der Waals surface area (Å²) in [5.74, 6) is 0.702. The highest BCUT2D eigenvalue weighted by Gasteiger charge is 2.04. The Balaban J connectivity index is 2.08. The molecule has 0 atom stereocenters. The van der Waals surface area contributed by atoms with Gasteiger partial charge in [0.2, 0.25) is 0 Å². The van der Waals surface area contributed by atoms with Crippen molar-refractivity contribution < 1.29 is 4.74 Å². The van der Waals surface area contributed by atoms with E-state index in [1.54, 1.807) is 6.20 Å². The molecule has 0 aliphatic rings. The summed E-state index contributed by atoms with van der Waals surface area (Å²) in [6.45, 7) is 4.43. The molecule has 0 fully saturated rings. The monoisotopic (exact) mass is 236 g/mol. The Morgan fingerprint density at radius 1 is 1.38 bits per heavy atom. The average molecular weight is 237 g/mol. The maximum absolute atomic E-state index is 6.06. The van der Waals surface area contributed by atoms with Crippen LogP contribution < -0.4 is 4.74 Å². The van der Waals surface area contributed by atoms with Gasteiger partial charge in [-0.1, -0.05) is 17.7 Å². The topological polar surface area (TPSA) is 37.9 Å². The minimum absolute atomic E-state index is 0.477. The summed E-state index contributed by atoms with van der Waals surface area (Å²) in [4.78, 5) is 0. The molecule has 1 aromatic carbocycles. The van der Waals surface area contributed by atoms with Gasteiger partial charge in [-0.15, -0.1) is 0 Å². The van der Waals surface area contributed by atoms with Crippen molar-refractivity contribution >= 4 is 11.6 Å². The van der Waals surface area contributed by atoms with Crippen LogP contribution in [0.3, 0.4) is 0 Å². The van der Waals surface area contributed by atoms with Crippen LogP contribution >= 0.6 is 11.6 Å². The number of benzene rings is 1. The molecule has 16 heavy (non-hydrogen) atoms. The molecule has 0 bridgehead atoms. The van der Waals surface area contributed by atoms with Crippen LogP contribution in [0.15, 0.2) is 24.4 Å². The third kappa shape index (κ3) is 2.36. The van der Waals surface area contributed by atoms with Crippen molar-refractivity contribution in [1.82, 2.24) is 10.2 Å². The maximum atomic E-state index is 6.06. The molecule has 0 unspecified atom stereocenters. The number of H-pyrrole nitrogens is 1. The van der Waals surface area contributed by atoms with Gasteiger partial charge in [0.05, 0.1) is 11.2 Å². The zero-order chi connectivity index (χ0) is 11.5. The lowest BCUT2D eigenvalue weighted by Crippen LogP contribution is -1.96. The molecule has 0 radical (unpaired) electrons. The minimum atomic E-state index is 0.477. The number of hydrogen-bond acceptors (Lipinski definition) is 2. The van der Waals surface area contributed by atoms with Crippen molar-refractivity contribution in [3.05, 3.63) is 46.2 Å². The van der Waals surface area contributed by atoms with E-state index in [4.69, 9.17) is 16.3 Å². The molecular weight excluding hydrogens is 224 g/mol. The Kier molecular flexibility index (Phi) is 3.15. The Hall–Kier alpha value is -1.48. The highest BCUT2D eigenvalue weighted by atomic mass is 35.5. The second-order valence-corrected chi connectivity index (χ2v) is 4.15. The van der Waals surface area contributed by atoms with Gasteiger partial charge >= 0.3 is 0 Å². The molecule has 1 aromatic heterocycles. The number of ether oxygens (including phenoxy) is 1. The Morgan fingerprint density at radius 2 is 2.19 bits per heavy atom. The molecule has 84 valence electrons. The lowest BCUT2D eigenvalue weighted by molar-refractivity contribution is 0.305. The van der Waals surface area contributed by atoms with Gasteiger partial charge in [0, 0.05) is 11.3 Å². The van der Waals surface area contributed by atoms with Gasteiger partial charge in [0.25, 0.3) is 0 Å². The molecule has 0 aliphatic heterocycles. The zero-order valence-corrected chi connectivity index (χ0v) is 10.0.